The van der Waals surface area contributed by atoms with Gasteiger partial charge in [0.2, 0.25) is 10.0 Å². The maximum Gasteiger partial charge on any atom is 0.229 e. The number of anilines is 1. The van der Waals surface area contributed by atoms with Gasteiger partial charge >= 0.3 is 0 Å². The molecule has 0 atom stereocenters. The summed E-state index contributed by atoms with van der Waals surface area (Å²) in [4.78, 5) is 3.18. The lowest BCUT2D eigenvalue weighted by Crippen LogP contribution is -2.09. The van der Waals surface area contributed by atoms with Gasteiger partial charge in [-0.15, -0.1) is 0 Å². The molecule has 1 aromatic carbocycles. The van der Waals surface area contributed by atoms with Crippen molar-refractivity contribution in [3.63, 3.8) is 0 Å². The Labute approximate surface area is 77.1 Å². The molecule has 5 heteroatoms. The molecule has 0 aromatic heterocycles. The maximum atomic E-state index is 10.8. The van der Waals surface area contributed by atoms with Crippen molar-refractivity contribution in [2.45, 2.75) is 0 Å². The summed E-state index contributed by atoms with van der Waals surface area (Å²) < 4.78 is 23.9. The molecule has 1 N–H and O–H groups in total. The zero-order chi connectivity index (χ0) is 9.90. The lowest BCUT2D eigenvalue weighted by atomic mass is 10.3. The Morgan fingerprint density at radius 3 is 2.69 bits per heavy atom. The number of benzene rings is 1. The first-order valence-corrected chi connectivity index (χ1v) is 5.36. The van der Waals surface area contributed by atoms with Crippen LogP contribution < -0.4 is 4.72 Å². The molecule has 1 rings (SSSR count). The van der Waals surface area contributed by atoms with Crippen LogP contribution in [0.1, 0.15) is 0 Å². The van der Waals surface area contributed by atoms with Crippen LogP contribution in [-0.4, -0.2) is 14.7 Å². The standard InChI is InChI=1S/C8H8N2O2S/c1-9-7-4-3-5-8(6-7)10-13(2,11)12/h3-6,10H,2H3. The second kappa shape index (κ2) is 3.46. The predicted octanol–water partition coefficient (Wildman–Crippen LogP) is 1.61. The molecule has 0 aliphatic carbocycles. The van der Waals surface area contributed by atoms with Crippen molar-refractivity contribution in [3.05, 3.63) is 35.7 Å². The average molecular weight is 196 g/mol. The van der Waals surface area contributed by atoms with E-state index in [0.29, 0.717) is 11.4 Å². The summed E-state index contributed by atoms with van der Waals surface area (Å²) in [5, 5.41) is 0. The fourth-order valence-corrected chi connectivity index (χ4v) is 1.41. The van der Waals surface area contributed by atoms with Crippen LogP contribution in [0.15, 0.2) is 24.3 Å². The second-order valence-electron chi connectivity index (χ2n) is 2.54. The number of hydrogen-bond donors (Lipinski definition) is 1. The van der Waals surface area contributed by atoms with Gasteiger partial charge in [-0.05, 0) is 12.1 Å². The van der Waals surface area contributed by atoms with Gasteiger partial charge in [-0.2, -0.15) is 0 Å². The maximum absolute atomic E-state index is 10.8. The molecule has 0 unspecified atom stereocenters. The molecule has 0 heterocycles. The first kappa shape index (κ1) is 9.55. The summed E-state index contributed by atoms with van der Waals surface area (Å²) in [7, 11) is -3.26. The molecule has 4 nitrogen and oxygen atoms in total. The molecule has 0 radical (unpaired) electrons. The van der Waals surface area contributed by atoms with Crippen molar-refractivity contribution < 1.29 is 8.42 Å². The normalized spacial score (nSPS) is 10.5. The van der Waals surface area contributed by atoms with Crippen molar-refractivity contribution in [2.24, 2.45) is 0 Å². The highest BCUT2D eigenvalue weighted by molar-refractivity contribution is 7.92. The molecule has 1 aromatic rings. The van der Waals surface area contributed by atoms with Crippen molar-refractivity contribution in [1.82, 2.24) is 0 Å². The summed E-state index contributed by atoms with van der Waals surface area (Å²) in [6, 6.07) is 6.31. The van der Waals surface area contributed by atoms with Gasteiger partial charge in [0.05, 0.1) is 12.8 Å². The highest BCUT2D eigenvalue weighted by Gasteiger charge is 2.01. The summed E-state index contributed by atoms with van der Waals surface area (Å²) in [5.41, 5.74) is 0.824. The lowest BCUT2D eigenvalue weighted by molar-refractivity contribution is 0.607. The smallest absolute Gasteiger partial charge is 0.229 e. The van der Waals surface area contributed by atoms with Gasteiger partial charge in [0.25, 0.3) is 0 Å². The minimum atomic E-state index is -3.26. The molecular formula is C8H8N2O2S. The fourth-order valence-electron chi connectivity index (χ4n) is 0.853. The SMILES string of the molecule is [C-]#[N+]c1cccc(NS(C)(=O)=O)c1. The topological polar surface area (TPSA) is 50.5 Å². The van der Waals surface area contributed by atoms with Gasteiger partial charge in [-0.3, -0.25) is 4.72 Å². The molecule has 0 saturated heterocycles. The van der Waals surface area contributed by atoms with Gasteiger partial charge in [-0.25, -0.2) is 13.3 Å². The Balaban J connectivity index is 2.99. The van der Waals surface area contributed by atoms with Gasteiger partial charge < -0.3 is 0 Å². The lowest BCUT2D eigenvalue weighted by Gasteiger charge is -2.02. The molecule has 0 saturated carbocycles. The Bertz CT molecular complexity index is 445. The highest BCUT2D eigenvalue weighted by Crippen LogP contribution is 2.18. The summed E-state index contributed by atoms with van der Waals surface area (Å²) in [5.74, 6) is 0. The number of rotatable bonds is 2. The van der Waals surface area contributed by atoms with Gasteiger partial charge in [-0.1, -0.05) is 12.1 Å². The van der Waals surface area contributed by atoms with E-state index in [1.165, 1.54) is 6.07 Å². The average Bonchev–Trinajstić information content (AvgIpc) is 2.01. The van der Waals surface area contributed by atoms with E-state index in [9.17, 15) is 8.42 Å². The van der Waals surface area contributed by atoms with E-state index in [0.717, 1.165) is 6.26 Å². The van der Waals surface area contributed by atoms with E-state index >= 15 is 0 Å². The zero-order valence-electron chi connectivity index (χ0n) is 6.98. The van der Waals surface area contributed by atoms with Crippen molar-refractivity contribution >= 4 is 21.4 Å². The molecule has 68 valence electrons. The Morgan fingerprint density at radius 1 is 1.46 bits per heavy atom. The highest BCUT2D eigenvalue weighted by atomic mass is 32.2. The molecule has 0 spiro atoms. The minimum absolute atomic E-state index is 0.411. The van der Waals surface area contributed by atoms with Crippen molar-refractivity contribution in [1.29, 1.82) is 0 Å². The first-order chi connectivity index (χ1) is 6.01. The molecule has 0 aliphatic rings. The van der Waals surface area contributed by atoms with Crippen LogP contribution in [0.3, 0.4) is 0 Å². The van der Waals surface area contributed by atoms with E-state index in [1.54, 1.807) is 18.2 Å². The monoisotopic (exact) mass is 196 g/mol. The van der Waals surface area contributed by atoms with Crippen LogP contribution in [0.5, 0.6) is 0 Å². The minimum Gasteiger partial charge on any atom is -0.285 e. The van der Waals surface area contributed by atoms with Crippen LogP contribution in [0.2, 0.25) is 0 Å². The van der Waals surface area contributed by atoms with Crippen LogP contribution in [-0.2, 0) is 10.0 Å². The number of hydrogen-bond acceptors (Lipinski definition) is 2. The number of sulfonamides is 1. The fraction of sp³-hybridized carbons (Fsp3) is 0.125. The Hall–Kier alpha value is -1.54. The van der Waals surface area contributed by atoms with Crippen LogP contribution in [0.25, 0.3) is 4.85 Å². The molecule has 13 heavy (non-hydrogen) atoms. The molecule has 0 bridgehead atoms. The van der Waals surface area contributed by atoms with E-state index in [4.69, 9.17) is 6.57 Å². The predicted molar refractivity (Wildman–Crippen MR) is 51.2 cm³/mol. The van der Waals surface area contributed by atoms with Crippen molar-refractivity contribution in [2.75, 3.05) is 11.0 Å². The third kappa shape index (κ3) is 3.13. The second-order valence-corrected chi connectivity index (χ2v) is 4.28. The van der Waals surface area contributed by atoms with Crippen LogP contribution in [0, 0.1) is 6.57 Å². The third-order valence-corrected chi connectivity index (χ3v) is 1.88. The molecule has 0 amide bonds. The summed E-state index contributed by atoms with van der Waals surface area (Å²) in [6.45, 7) is 6.72. The molecule has 0 aliphatic heterocycles. The summed E-state index contributed by atoms with van der Waals surface area (Å²) in [6.07, 6.45) is 1.07. The third-order valence-electron chi connectivity index (χ3n) is 1.28. The largest absolute Gasteiger partial charge is 0.285 e. The summed E-state index contributed by atoms with van der Waals surface area (Å²) >= 11 is 0. The Morgan fingerprint density at radius 2 is 2.15 bits per heavy atom. The number of nitrogens with zero attached hydrogens (tertiary/aromatic N) is 1. The van der Waals surface area contributed by atoms with Crippen molar-refractivity contribution in [3.8, 4) is 0 Å². The first-order valence-electron chi connectivity index (χ1n) is 3.46. The van der Waals surface area contributed by atoms with Gasteiger partial charge in [0, 0.05) is 5.69 Å². The van der Waals surface area contributed by atoms with Crippen LogP contribution >= 0.6 is 0 Å². The molecular weight excluding hydrogens is 188 g/mol. The zero-order valence-corrected chi connectivity index (χ0v) is 7.80. The van der Waals surface area contributed by atoms with E-state index in [-0.39, 0.29) is 0 Å². The van der Waals surface area contributed by atoms with Crippen LogP contribution in [0.4, 0.5) is 11.4 Å². The number of nitrogens with one attached hydrogen (secondary N) is 1. The Kier molecular flexibility index (Phi) is 2.54. The molecule has 0 fully saturated rings. The van der Waals surface area contributed by atoms with E-state index in [2.05, 4.69) is 9.57 Å². The van der Waals surface area contributed by atoms with Gasteiger partial charge in [0.15, 0.2) is 5.69 Å². The van der Waals surface area contributed by atoms with E-state index < -0.39 is 10.0 Å². The van der Waals surface area contributed by atoms with E-state index in [1.807, 2.05) is 0 Å². The quantitative estimate of drug-likeness (QED) is 0.730. The van der Waals surface area contributed by atoms with Gasteiger partial charge in [0.1, 0.15) is 0 Å².